The van der Waals surface area contributed by atoms with Gasteiger partial charge >= 0.3 is 0 Å². The minimum Gasteiger partial charge on any atom is -0.396 e. The summed E-state index contributed by atoms with van der Waals surface area (Å²) in [5.41, 5.74) is 0.487. The van der Waals surface area contributed by atoms with Crippen LogP contribution in [0.2, 0.25) is 0 Å². The lowest BCUT2D eigenvalue weighted by molar-refractivity contribution is 0.0928. The van der Waals surface area contributed by atoms with Crippen LogP contribution in [0.3, 0.4) is 0 Å². The molecule has 1 atom stereocenters. The molecule has 0 radical (unpaired) electrons. The number of carbonyl (C=O) groups excluding carboxylic acids is 1. The van der Waals surface area contributed by atoms with Gasteiger partial charge in [0.2, 0.25) is 0 Å². The normalized spacial score (nSPS) is 12.1. The third kappa shape index (κ3) is 3.63. The summed E-state index contributed by atoms with van der Waals surface area (Å²) in [4.78, 5) is 11.6. The highest BCUT2D eigenvalue weighted by atomic mass is 16.3. The molecule has 1 rings (SSSR count). The van der Waals surface area contributed by atoms with Gasteiger partial charge in [0, 0.05) is 12.6 Å². The maximum atomic E-state index is 11.6. The number of hydrogen-bond donors (Lipinski definition) is 2. The van der Waals surface area contributed by atoms with Crippen molar-refractivity contribution in [2.45, 2.75) is 25.8 Å². The third-order valence-electron chi connectivity index (χ3n) is 2.15. The Morgan fingerprint density at radius 1 is 1.60 bits per heavy atom. The summed E-state index contributed by atoms with van der Waals surface area (Å²) in [6.45, 7) is 2.04. The lowest BCUT2D eigenvalue weighted by Gasteiger charge is -2.15. The van der Waals surface area contributed by atoms with Crippen molar-refractivity contribution in [3.05, 3.63) is 24.0 Å². The summed E-state index contributed by atoms with van der Waals surface area (Å²) < 4.78 is 0. The van der Waals surface area contributed by atoms with Crippen molar-refractivity contribution < 1.29 is 9.90 Å². The smallest absolute Gasteiger partial charge is 0.253 e. The van der Waals surface area contributed by atoms with Crippen LogP contribution < -0.4 is 5.32 Å². The SMILES string of the molecule is CCC(CCO)NC(=O)c1ccnnc1. The molecule has 15 heavy (non-hydrogen) atoms. The molecule has 1 heterocycles. The van der Waals surface area contributed by atoms with Gasteiger partial charge in [-0.2, -0.15) is 10.2 Å². The minimum atomic E-state index is -0.176. The lowest BCUT2D eigenvalue weighted by atomic mass is 10.1. The number of carbonyl (C=O) groups is 1. The van der Waals surface area contributed by atoms with Crippen molar-refractivity contribution in [3.63, 3.8) is 0 Å². The lowest BCUT2D eigenvalue weighted by Crippen LogP contribution is -2.35. The van der Waals surface area contributed by atoms with E-state index in [-0.39, 0.29) is 18.6 Å². The van der Waals surface area contributed by atoms with E-state index in [9.17, 15) is 4.79 Å². The van der Waals surface area contributed by atoms with Crippen LogP contribution >= 0.6 is 0 Å². The Hall–Kier alpha value is -1.49. The van der Waals surface area contributed by atoms with E-state index in [1.807, 2.05) is 6.92 Å². The van der Waals surface area contributed by atoms with Gasteiger partial charge in [0.05, 0.1) is 18.0 Å². The summed E-state index contributed by atoms with van der Waals surface area (Å²) in [6, 6.07) is 1.62. The van der Waals surface area contributed by atoms with Crippen LogP contribution in [0.1, 0.15) is 30.1 Å². The fourth-order valence-corrected chi connectivity index (χ4v) is 1.23. The van der Waals surface area contributed by atoms with E-state index in [2.05, 4.69) is 15.5 Å². The monoisotopic (exact) mass is 209 g/mol. The van der Waals surface area contributed by atoms with Crippen LogP contribution in [0.15, 0.2) is 18.5 Å². The van der Waals surface area contributed by atoms with Gasteiger partial charge in [0.1, 0.15) is 0 Å². The van der Waals surface area contributed by atoms with Gasteiger partial charge in [-0.05, 0) is 18.9 Å². The molecule has 0 bridgehead atoms. The summed E-state index contributed by atoms with van der Waals surface area (Å²) in [5, 5.41) is 18.8. The molecule has 1 aromatic heterocycles. The van der Waals surface area contributed by atoms with E-state index in [1.54, 1.807) is 6.07 Å². The molecule has 0 aliphatic carbocycles. The summed E-state index contributed by atoms with van der Waals surface area (Å²) >= 11 is 0. The molecule has 2 N–H and O–H groups in total. The first-order valence-electron chi connectivity index (χ1n) is 4.96. The first kappa shape index (κ1) is 11.6. The average Bonchev–Trinajstić information content (AvgIpc) is 2.29. The molecule has 0 saturated heterocycles. The molecule has 1 unspecified atom stereocenters. The van der Waals surface area contributed by atoms with Crippen LogP contribution in [-0.2, 0) is 0 Å². The first-order valence-corrected chi connectivity index (χ1v) is 4.96. The average molecular weight is 209 g/mol. The van der Waals surface area contributed by atoms with E-state index in [1.165, 1.54) is 12.4 Å². The van der Waals surface area contributed by atoms with Gasteiger partial charge in [-0.15, -0.1) is 0 Å². The van der Waals surface area contributed by atoms with E-state index in [0.717, 1.165) is 6.42 Å². The van der Waals surface area contributed by atoms with E-state index in [0.29, 0.717) is 12.0 Å². The van der Waals surface area contributed by atoms with Crippen molar-refractivity contribution in [2.75, 3.05) is 6.61 Å². The van der Waals surface area contributed by atoms with Crippen LogP contribution in [0.5, 0.6) is 0 Å². The molecule has 5 heteroatoms. The Morgan fingerprint density at radius 2 is 2.40 bits per heavy atom. The highest BCUT2D eigenvalue weighted by Crippen LogP contribution is 2.00. The Bertz CT molecular complexity index is 303. The van der Waals surface area contributed by atoms with Crippen molar-refractivity contribution in [1.29, 1.82) is 0 Å². The second-order valence-corrected chi connectivity index (χ2v) is 3.22. The fourth-order valence-electron chi connectivity index (χ4n) is 1.23. The van der Waals surface area contributed by atoms with Crippen molar-refractivity contribution in [2.24, 2.45) is 0 Å². The number of nitrogens with zero attached hydrogens (tertiary/aromatic N) is 2. The van der Waals surface area contributed by atoms with E-state index in [4.69, 9.17) is 5.11 Å². The van der Waals surface area contributed by atoms with Gasteiger partial charge in [0.15, 0.2) is 0 Å². The molecule has 0 saturated carbocycles. The molecule has 0 spiro atoms. The highest BCUT2D eigenvalue weighted by Gasteiger charge is 2.11. The second kappa shape index (κ2) is 6.08. The number of rotatable bonds is 5. The zero-order valence-corrected chi connectivity index (χ0v) is 8.68. The Morgan fingerprint density at radius 3 is 2.93 bits per heavy atom. The van der Waals surface area contributed by atoms with Gasteiger partial charge in [0.25, 0.3) is 5.91 Å². The van der Waals surface area contributed by atoms with Gasteiger partial charge < -0.3 is 10.4 Å². The minimum absolute atomic E-state index is 0.00988. The number of nitrogens with one attached hydrogen (secondary N) is 1. The van der Waals surface area contributed by atoms with E-state index < -0.39 is 0 Å². The molecular formula is C10H15N3O2. The number of aromatic nitrogens is 2. The van der Waals surface area contributed by atoms with Gasteiger partial charge in [-0.25, -0.2) is 0 Å². The van der Waals surface area contributed by atoms with Gasteiger partial charge in [-0.3, -0.25) is 4.79 Å². The molecule has 0 aliphatic rings. The van der Waals surface area contributed by atoms with Crippen LogP contribution in [0.25, 0.3) is 0 Å². The zero-order valence-electron chi connectivity index (χ0n) is 8.68. The summed E-state index contributed by atoms with van der Waals surface area (Å²) in [6.07, 6.45) is 4.26. The molecule has 0 aromatic carbocycles. The molecule has 5 nitrogen and oxygen atoms in total. The van der Waals surface area contributed by atoms with Crippen molar-refractivity contribution >= 4 is 5.91 Å². The maximum absolute atomic E-state index is 11.6. The van der Waals surface area contributed by atoms with Crippen molar-refractivity contribution in [3.8, 4) is 0 Å². The Kier molecular flexibility index (Phi) is 4.70. The first-order chi connectivity index (χ1) is 7.27. The number of aliphatic hydroxyl groups is 1. The predicted octanol–water partition coefficient (Wildman–Crippen LogP) is 0.367. The number of amides is 1. The molecular weight excluding hydrogens is 194 g/mol. The quantitative estimate of drug-likeness (QED) is 0.734. The largest absolute Gasteiger partial charge is 0.396 e. The highest BCUT2D eigenvalue weighted by molar-refractivity contribution is 5.93. The molecule has 0 aliphatic heterocycles. The van der Waals surface area contributed by atoms with Gasteiger partial charge in [-0.1, -0.05) is 6.92 Å². The summed E-state index contributed by atoms with van der Waals surface area (Å²) in [5.74, 6) is -0.176. The topological polar surface area (TPSA) is 75.1 Å². The Labute approximate surface area is 88.5 Å². The fraction of sp³-hybridized carbons (Fsp3) is 0.500. The third-order valence-corrected chi connectivity index (χ3v) is 2.15. The van der Waals surface area contributed by atoms with Crippen LogP contribution in [0.4, 0.5) is 0 Å². The molecule has 1 aromatic rings. The molecule has 1 amide bonds. The second-order valence-electron chi connectivity index (χ2n) is 3.22. The number of hydrogen-bond acceptors (Lipinski definition) is 4. The maximum Gasteiger partial charge on any atom is 0.253 e. The van der Waals surface area contributed by atoms with Crippen molar-refractivity contribution in [1.82, 2.24) is 15.5 Å². The number of aliphatic hydroxyl groups excluding tert-OH is 1. The molecule has 82 valence electrons. The Balaban J connectivity index is 2.55. The summed E-state index contributed by atoms with van der Waals surface area (Å²) in [7, 11) is 0. The molecule has 0 fully saturated rings. The standard InChI is InChI=1S/C10H15N3O2/c1-2-9(4-6-14)13-10(15)8-3-5-11-12-7-8/h3,5,7,9,14H,2,4,6H2,1H3,(H,13,15). The van der Waals surface area contributed by atoms with Crippen LogP contribution in [0, 0.1) is 0 Å². The van der Waals surface area contributed by atoms with E-state index >= 15 is 0 Å². The zero-order chi connectivity index (χ0) is 11.1. The predicted molar refractivity (Wildman–Crippen MR) is 55.3 cm³/mol. The van der Waals surface area contributed by atoms with Crippen LogP contribution in [-0.4, -0.2) is 33.9 Å².